The maximum absolute atomic E-state index is 12.9. The highest BCUT2D eigenvalue weighted by Crippen LogP contribution is 2.31. The Kier molecular flexibility index (Phi) is 7.06. The average molecular weight is 480 g/mol. The number of carbonyl (C=O) groups is 1. The van der Waals surface area contributed by atoms with Crippen molar-refractivity contribution in [3.63, 3.8) is 0 Å². The maximum Gasteiger partial charge on any atom is 0.233 e. The number of imidazole rings is 1. The lowest BCUT2D eigenvalue weighted by molar-refractivity contribution is -0.127. The Morgan fingerprint density at radius 2 is 1.94 bits per heavy atom. The zero-order chi connectivity index (χ0) is 23.3. The second kappa shape index (κ2) is 10.5. The lowest BCUT2D eigenvalue weighted by atomic mass is 10.1. The molecule has 1 saturated heterocycles. The number of benzene rings is 2. The Labute approximate surface area is 204 Å². The lowest BCUT2D eigenvalue weighted by Gasteiger charge is -2.21. The number of hydrogen-bond donors (Lipinski definition) is 0. The van der Waals surface area contributed by atoms with E-state index in [2.05, 4.69) is 21.7 Å². The summed E-state index contributed by atoms with van der Waals surface area (Å²) in [6.45, 7) is 3.18. The molecule has 1 atom stereocenters. The number of fused-ring (bicyclic) bond motifs is 1. The van der Waals surface area contributed by atoms with Crippen LogP contribution >= 0.6 is 11.8 Å². The van der Waals surface area contributed by atoms with Gasteiger partial charge in [-0.25, -0.2) is 4.98 Å². The van der Waals surface area contributed by atoms with Crippen LogP contribution in [0.15, 0.2) is 59.9 Å². The van der Waals surface area contributed by atoms with Crippen LogP contribution in [0.3, 0.4) is 0 Å². The van der Waals surface area contributed by atoms with E-state index < -0.39 is 0 Å². The van der Waals surface area contributed by atoms with Gasteiger partial charge in [0.1, 0.15) is 13.2 Å². The summed E-state index contributed by atoms with van der Waals surface area (Å²) in [6.07, 6.45) is 4.22. The van der Waals surface area contributed by atoms with Crippen molar-refractivity contribution in [1.29, 1.82) is 0 Å². The molecule has 0 radical (unpaired) electrons. The van der Waals surface area contributed by atoms with Gasteiger partial charge in [0.15, 0.2) is 16.7 Å². The van der Waals surface area contributed by atoms with E-state index in [1.807, 2.05) is 49.6 Å². The molecule has 34 heavy (non-hydrogen) atoms. The van der Waals surface area contributed by atoms with Gasteiger partial charge in [0.05, 0.1) is 30.3 Å². The third kappa shape index (κ3) is 5.23. The second-order valence-electron chi connectivity index (χ2n) is 8.55. The Morgan fingerprint density at radius 1 is 1.12 bits per heavy atom. The van der Waals surface area contributed by atoms with E-state index in [0.29, 0.717) is 25.5 Å². The van der Waals surface area contributed by atoms with Gasteiger partial charge in [-0.15, -0.1) is 0 Å². The molecule has 0 N–H and O–H groups in total. The first-order valence-electron chi connectivity index (χ1n) is 11.7. The highest BCUT2D eigenvalue weighted by molar-refractivity contribution is 7.99. The normalized spacial score (nSPS) is 17.0. The number of amides is 1. The number of ether oxygens (including phenoxy) is 3. The zero-order valence-corrected chi connectivity index (χ0v) is 20.1. The maximum atomic E-state index is 12.9. The molecule has 2 aliphatic heterocycles. The highest BCUT2D eigenvalue weighted by Gasteiger charge is 2.22. The summed E-state index contributed by atoms with van der Waals surface area (Å²) in [5.41, 5.74) is 3.17. The van der Waals surface area contributed by atoms with Gasteiger partial charge in [0.2, 0.25) is 5.91 Å². The van der Waals surface area contributed by atoms with E-state index in [0.717, 1.165) is 59.5 Å². The molecule has 1 amide bonds. The van der Waals surface area contributed by atoms with Crippen LogP contribution < -0.4 is 9.47 Å². The molecule has 2 aliphatic rings. The van der Waals surface area contributed by atoms with Crippen molar-refractivity contribution in [2.24, 2.45) is 0 Å². The zero-order valence-electron chi connectivity index (χ0n) is 19.3. The fraction of sp³-hybridized carbons (Fsp3) is 0.385. The standard InChI is InChI=1S/C26H29N3O4S/c1-28(16-19-9-10-23-24(14-19)33-13-12-32-23)25(30)18-34-26-27-15-22(20-6-3-2-4-7-20)29(26)17-21-8-5-11-31-21/h2-4,6-7,9-10,14-15,21H,5,8,11-13,16-18H2,1H3. The first-order chi connectivity index (χ1) is 16.7. The minimum absolute atomic E-state index is 0.0489. The van der Waals surface area contributed by atoms with Crippen molar-refractivity contribution in [3.05, 3.63) is 60.3 Å². The largest absolute Gasteiger partial charge is 0.486 e. The first-order valence-corrected chi connectivity index (χ1v) is 12.6. The molecular formula is C26H29N3O4S. The van der Waals surface area contributed by atoms with Gasteiger partial charge in [-0.3, -0.25) is 4.79 Å². The van der Waals surface area contributed by atoms with Crippen LogP contribution in [0.1, 0.15) is 18.4 Å². The van der Waals surface area contributed by atoms with E-state index in [1.165, 1.54) is 11.8 Å². The molecule has 8 heteroatoms. The monoisotopic (exact) mass is 479 g/mol. The lowest BCUT2D eigenvalue weighted by Crippen LogP contribution is -2.28. The van der Waals surface area contributed by atoms with Gasteiger partial charge in [-0.05, 0) is 36.1 Å². The highest BCUT2D eigenvalue weighted by atomic mass is 32.2. The first kappa shape index (κ1) is 22.8. The minimum atomic E-state index is 0.0489. The molecule has 1 unspecified atom stereocenters. The molecule has 1 aromatic heterocycles. The average Bonchev–Trinajstić information content (AvgIpc) is 3.53. The van der Waals surface area contributed by atoms with Gasteiger partial charge in [0, 0.05) is 20.2 Å². The summed E-state index contributed by atoms with van der Waals surface area (Å²) in [4.78, 5) is 19.3. The number of aromatic nitrogens is 2. The van der Waals surface area contributed by atoms with Crippen LogP contribution in [0, 0.1) is 0 Å². The quantitative estimate of drug-likeness (QED) is 0.450. The smallest absolute Gasteiger partial charge is 0.233 e. The SMILES string of the molecule is CN(Cc1ccc2c(c1)OCCO2)C(=O)CSc1ncc(-c2ccccc2)n1CC1CCCO1. The molecule has 178 valence electrons. The third-order valence-electron chi connectivity index (χ3n) is 6.08. The minimum Gasteiger partial charge on any atom is -0.486 e. The molecule has 1 fully saturated rings. The summed E-state index contributed by atoms with van der Waals surface area (Å²) < 4.78 is 19.3. The number of rotatable bonds is 8. The van der Waals surface area contributed by atoms with Crippen LogP contribution in [-0.2, 0) is 22.6 Å². The predicted octanol–water partition coefficient (Wildman–Crippen LogP) is 4.25. The molecule has 0 bridgehead atoms. The molecule has 3 heterocycles. The third-order valence-corrected chi connectivity index (χ3v) is 7.05. The van der Waals surface area contributed by atoms with Crippen LogP contribution in [-0.4, -0.2) is 59.1 Å². The summed E-state index contributed by atoms with van der Waals surface area (Å²) in [5.74, 6) is 1.86. The number of nitrogens with zero attached hydrogens (tertiary/aromatic N) is 3. The van der Waals surface area contributed by atoms with Crippen molar-refractivity contribution in [3.8, 4) is 22.8 Å². The van der Waals surface area contributed by atoms with E-state index in [4.69, 9.17) is 14.2 Å². The van der Waals surface area contributed by atoms with Crippen LogP contribution in [0.5, 0.6) is 11.5 Å². The van der Waals surface area contributed by atoms with Gasteiger partial charge < -0.3 is 23.7 Å². The molecule has 5 rings (SSSR count). The van der Waals surface area contributed by atoms with Crippen molar-refractivity contribution in [2.75, 3.05) is 32.6 Å². The Balaban J connectivity index is 1.25. The fourth-order valence-corrected chi connectivity index (χ4v) is 5.20. The van der Waals surface area contributed by atoms with Crippen LogP contribution in [0.4, 0.5) is 0 Å². The molecule has 7 nitrogen and oxygen atoms in total. The summed E-state index contributed by atoms with van der Waals surface area (Å²) in [6, 6.07) is 16.1. The summed E-state index contributed by atoms with van der Waals surface area (Å²) >= 11 is 1.48. The molecule has 3 aromatic rings. The van der Waals surface area contributed by atoms with Gasteiger partial charge in [-0.1, -0.05) is 48.2 Å². The summed E-state index contributed by atoms with van der Waals surface area (Å²) in [5, 5.41) is 0.843. The van der Waals surface area contributed by atoms with Crippen molar-refractivity contribution in [1.82, 2.24) is 14.5 Å². The van der Waals surface area contributed by atoms with E-state index in [9.17, 15) is 4.79 Å². The van der Waals surface area contributed by atoms with Crippen LogP contribution in [0.25, 0.3) is 11.3 Å². The van der Waals surface area contributed by atoms with E-state index in [1.54, 1.807) is 4.90 Å². The van der Waals surface area contributed by atoms with Gasteiger partial charge in [0.25, 0.3) is 0 Å². The van der Waals surface area contributed by atoms with E-state index >= 15 is 0 Å². The second-order valence-corrected chi connectivity index (χ2v) is 9.50. The molecule has 0 saturated carbocycles. The topological polar surface area (TPSA) is 65.8 Å². The van der Waals surface area contributed by atoms with E-state index in [-0.39, 0.29) is 12.0 Å². The molecule has 2 aromatic carbocycles. The van der Waals surface area contributed by atoms with Crippen LogP contribution in [0.2, 0.25) is 0 Å². The fourth-order valence-electron chi connectivity index (χ4n) is 4.27. The number of hydrogen-bond acceptors (Lipinski definition) is 6. The Morgan fingerprint density at radius 3 is 2.74 bits per heavy atom. The van der Waals surface area contributed by atoms with Crippen molar-refractivity contribution < 1.29 is 19.0 Å². The predicted molar refractivity (Wildman–Crippen MR) is 131 cm³/mol. The number of thioether (sulfide) groups is 1. The van der Waals surface area contributed by atoms with Crippen molar-refractivity contribution >= 4 is 17.7 Å². The van der Waals surface area contributed by atoms with Gasteiger partial charge in [-0.2, -0.15) is 0 Å². The van der Waals surface area contributed by atoms with Crippen molar-refractivity contribution in [2.45, 2.75) is 37.2 Å². The number of carbonyl (C=O) groups excluding carboxylic acids is 1. The molecule has 0 aliphatic carbocycles. The molecular weight excluding hydrogens is 450 g/mol. The Hall–Kier alpha value is -2.97. The summed E-state index contributed by atoms with van der Waals surface area (Å²) in [7, 11) is 1.83. The Bertz CT molecular complexity index is 1130. The van der Waals surface area contributed by atoms with Gasteiger partial charge >= 0.3 is 0 Å². The molecule has 0 spiro atoms.